The number of aromatic nitrogens is 2. The predicted molar refractivity (Wildman–Crippen MR) is 90.5 cm³/mol. The summed E-state index contributed by atoms with van der Waals surface area (Å²) in [6.45, 7) is 0. The fourth-order valence-electron chi connectivity index (χ4n) is 2.09. The fraction of sp³-hybridized carbons (Fsp3) is 0.0625. The standard InChI is InChI=1S/C16H14N4O2S/c17-19-10-15(13-4-2-1-3-5-13)18-16(19)23-11-12-6-8-14(9-7-12)20(21)22/h1-10H,11,17H2. The Morgan fingerprint density at radius 1 is 1.13 bits per heavy atom. The van der Waals surface area contributed by atoms with Crippen molar-refractivity contribution in [3.05, 3.63) is 76.5 Å². The lowest BCUT2D eigenvalue weighted by Crippen LogP contribution is -2.07. The Morgan fingerprint density at radius 3 is 2.48 bits per heavy atom. The number of thioether (sulfide) groups is 1. The van der Waals surface area contributed by atoms with Crippen LogP contribution in [0, 0.1) is 10.1 Å². The number of nitro groups is 1. The molecule has 0 aliphatic heterocycles. The van der Waals surface area contributed by atoms with E-state index in [1.54, 1.807) is 18.3 Å². The normalized spacial score (nSPS) is 10.6. The van der Waals surface area contributed by atoms with Crippen molar-refractivity contribution in [1.29, 1.82) is 0 Å². The van der Waals surface area contributed by atoms with E-state index >= 15 is 0 Å². The highest BCUT2D eigenvalue weighted by Crippen LogP contribution is 2.25. The van der Waals surface area contributed by atoms with Gasteiger partial charge in [-0.1, -0.05) is 54.2 Å². The third kappa shape index (κ3) is 3.51. The second kappa shape index (κ2) is 6.53. The van der Waals surface area contributed by atoms with Crippen molar-refractivity contribution >= 4 is 17.4 Å². The summed E-state index contributed by atoms with van der Waals surface area (Å²) < 4.78 is 1.50. The van der Waals surface area contributed by atoms with E-state index in [1.807, 2.05) is 30.3 Å². The summed E-state index contributed by atoms with van der Waals surface area (Å²) in [4.78, 5) is 14.8. The van der Waals surface area contributed by atoms with E-state index in [1.165, 1.54) is 28.6 Å². The number of imidazole rings is 1. The lowest BCUT2D eigenvalue weighted by atomic mass is 10.2. The Hall–Kier alpha value is -2.80. The number of non-ortho nitro benzene ring substituents is 1. The van der Waals surface area contributed by atoms with Crippen LogP contribution >= 0.6 is 11.8 Å². The van der Waals surface area contributed by atoms with Crippen LogP contribution in [-0.4, -0.2) is 14.6 Å². The highest BCUT2D eigenvalue weighted by molar-refractivity contribution is 7.98. The molecule has 116 valence electrons. The second-order valence-electron chi connectivity index (χ2n) is 4.89. The Bertz CT molecular complexity index is 816. The van der Waals surface area contributed by atoms with Gasteiger partial charge in [0.05, 0.1) is 16.8 Å². The van der Waals surface area contributed by atoms with Crippen molar-refractivity contribution < 1.29 is 4.92 Å². The average Bonchev–Trinajstić information content (AvgIpc) is 2.95. The Kier molecular flexibility index (Phi) is 4.29. The molecule has 0 unspecified atom stereocenters. The molecule has 0 spiro atoms. The number of hydrogen-bond donors (Lipinski definition) is 1. The van der Waals surface area contributed by atoms with E-state index in [0.29, 0.717) is 10.9 Å². The molecule has 2 aromatic carbocycles. The molecule has 0 saturated heterocycles. The van der Waals surface area contributed by atoms with Gasteiger partial charge in [-0.2, -0.15) is 0 Å². The van der Waals surface area contributed by atoms with Crippen molar-refractivity contribution in [2.45, 2.75) is 10.9 Å². The molecule has 6 nitrogen and oxygen atoms in total. The topological polar surface area (TPSA) is 87.0 Å². The van der Waals surface area contributed by atoms with Crippen LogP contribution < -0.4 is 5.84 Å². The molecular weight excluding hydrogens is 312 g/mol. The van der Waals surface area contributed by atoms with Gasteiger partial charge < -0.3 is 5.84 Å². The molecule has 0 aliphatic rings. The van der Waals surface area contributed by atoms with Gasteiger partial charge in [0.25, 0.3) is 5.69 Å². The molecule has 0 radical (unpaired) electrons. The molecule has 0 aliphatic carbocycles. The first kappa shape index (κ1) is 15.1. The Labute approximate surface area is 137 Å². The van der Waals surface area contributed by atoms with E-state index in [9.17, 15) is 10.1 Å². The first-order valence-electron chi connectivity index (χ1n) is 6.89. The smallest absolute Gasteiger partial charge is 0.269 e. The molecule has 0 saturated carbocycles. The third-order valence-corrected chi connectivity index (χ3v) is 4.32. The quantitative estimate of drug-likeness (QED) is 0.336. The number of benzene rings is 2. The van der Waals surface area contributed by atoms with Gasteiger partial charge in [-0.15, -0.1) is 0 Å². The van der Waals surface area contributed by atoms with Crippen molar-refractivity contribution in [3.8, 4) is 11.3 Å². The number of hydrogen-bond acceptors (Lipinski definition) is 5. The van der Waals surface area contributed by atoms with Crippen molar-refractivity contribution in [3.63, 3.8) is 0 Å². The first-order valence-corrected chi connectivity index (χ1v) is 7.88. The van der Waals surface area contributed by atoms with Gasteiger partial charge in [0.1, 0.15) is 0 Å². The summed E-state index contributed by atoms with van der Waals surface area (Å²) in [5, 5.41) is 11.3. The Balaban J connectivity index is 1.71. The maximum absolute atomic E-state index is 10.6. The average molecular weight is 326 g/mol. The molecule has 3 aromatic rings. The maximum Gasteiger partial charge on any atom is 0.269 e. The van der Waals surface area contributed by atoms with Crippen molar-refractivity contribution in [1.82, 2.24) is 9.66 Å². The molecule has 0 amide bonds. The summed E-state index contributed by atoms with van der Waals surface area (Å²) in [5.74, 6) is 6.59. The predicted octanol–water partition coefficient (Wildman–Crippen LogP) is 3.46. The monoisotopic (exact) mass is 326 g/mol. The number of nitrogens with two attached hydrogens (primary N) is 1. The van der Waals surface area contributed by atoms with Crippen LogP contribution in [0.25, 0.3) is 11.3 Å². The summed E-state index contributed by atoms with van der Waals surface area (Å²) in [6.07, 6.45) is 1.79. The van der Waals surface area contributed by atoms with Crippen molar-refractivity contribution in [2.24, 2.45) is 0 Å². The van der Waals surface area contributed by atoms with Crippen LogP contribution in [0.4, 0.5) is 5.69 Å². The molecule has 0 atom stereocenters. The zero-order valence-electron chi connectivity index (χ0n) is 12.1. The minimum Gasteiger partial charge on any atom is -0.337 e. The van der Waals surface area contributed by atoms with E-state index < -0.39 is 4.92 Å². The highest BCUT2D eigenvalue weighted by atomic mass is 32.2. The molecular formula is C16H14N4O2S. The highest BCUT2D eigenvalue weighted by Gasteiger charge is 2.09. The van der Waals surface area contributed by atoms with Crippen LogP contribution in [-0.2, 0) is 5.75 Å². The Morgan fingerprint density at radius 2 is 1.83 bits per heavy atom. The molecule has 0 fully saturated rings. The molecule has 0 bridgehead atoms. The number of nitro benzene ring substituents is 1. The van der Waals surface area contributed by atoms with Crippen LogP contribution in [0.15, 0.2) is 66.0 Å². The number of rotatable bonds is 5. The lowest BCUT2D eigenvalue weighted by molar-refractivity contribution is -0.384. The van der Waals surface area contributed by atoms with Crippen LogP contribution in [0.1, 0.15) is 5.56 Å². The van der Waals surface area contributed by atoms with Crippen LogP contribution in [0.2, 0.25) is 0 Å². The molecule has 2 N–H and O–H groups in total. The van der Waals surface area contributed by atoms with Crippen LogP contribution in [0.3, 0.4) is 0 Å². The molecule has 1 heterocycles. The zero-order chi connectivity index (χ0) is 16.2. The van der Waals surface area contributed by atoms with Gasteiger partial charge in [-0.25, -0.2) is 9.66 Å². The first-order chi connectivity index (χ1) is 11.1. The zero-order valence-corrected chi connectivity index (χ0v) is 12.9. The van der Waals surface area contributed by atoms with Crippen molar-refractivity contribution in [2.75, 3.05) is 5.84 Å². The van der Waals surface area contributed by atoms with E-state index in [4.69, 9.17) is 5.84 Å². The third-order valence-electron chi connectivity index (χ3n) is 3.28. The van der Waals surface area contributed by atoms with Gasteiger partial charge in [0, 0.05) is 23.4 Å². The molecule has 1 aromatic heterocycles. The van der Waals surface area contributed by atoms with Gasteiger partial charge in [-0.05, 0) is 5.56 Å². The van der Waals surface area contributed by atoms with Gasteiger partial charge >= 0.3 is 0 Å². The SMILES string of the molecule is Nn1cc(-c2ccccc2)nc1SCc1ccc([N+](=O)[O-])cc1. The van der Waals surface area contributed by atoms with Gasteiger partial charge in [-0.3, -0.25) is 10.1 Å². The minimum atomic E-state index is -0.407. The van der Waals surface area contributed by atoms with Gasteiger partial charge in [0.2, 0.25) is 0 Å². The molecule has 3 rings (SSSR count). The summed E-state index contributed by atoms with van der Waals surface area (Å²) in [5.41, 5.74) is 2.89. The van der Waals surface area contributed by atoms with E-state index in [2.05, 4.69) is 4.98 Å². The number of nitrogens with zero attached hydrogens (tertiary/aromatic N) is 3. The number of nitrogen functional groups attached to an aromatic ring is 1. The van der Waals surface area contributed by atoms with E-state index in [0.717, 1.165) is 16.8 Å². The minimum absolute atomic E-state index is 0.0884. The molecule has 23 heavy (non-hydrogen) atoms. The van der Waals surface area contributed by atoms with Crippen LogP contribution in [0.5, 0.6) is 0 Å². The summed E-state index contributed by atoms with van der Waals surface area (Å²) in [6, 6.07) is 16.3. The molecule has 7 heteroatoms. The summed E-state index contributed by atoms with van der Waals surface area (Å²) in [7, 11) is 0. The maximum atomic E-state index is 10.6. The fourth-order valence-corrected chi connectivity index (χ4v) is 2.95. The van der Waals surface area contributed by atoms with Gasteiger partial charge in [0.15, 0.2) is 5.16 Å². The van der Waals surface area contributed by atoms with E-state index in [-0.39, 0.29) is 5.69 Å². The largest absolute Gasteiger partial charge is 0.337 e. The summed E-state index contributed by atoms with van der Waals surface area (Å²) >= 11 is 1.49. The second-order valence-corrected chi connectivity index (χ2v) is 5.84. The lowest BCUT2D eigenvalue weighted by Gasteiger charge is -2.01.